The van der Waals surface area contributed by atoms with Crippen molar-refractivity contribution >= 4 is 17.9 Å². The predicted octanol–water partition coefficient (Wildman–Crippen LogP) is 2.36. The van der Waals surface area contributed by atoms with E-state index in [0.29, 0.717) is 25.2 Å². The summed E-state index contributed by atoms with van der Waals surface area (Å²) in [5.74, 6) is -0.287. The van der Waals surface area contributed by atoms with Crippen molar-refractivity contribution in [3.05, 3.63) is 35.4 Å². The number of hydrogen-bond acceptors (Lipinski definition) is 4. The lowest BCUT2D eigenvalue weighted by Crippen LogP contribution is -2.56. The summed E-state index contributed by atoms with van der Waals surface area (Å²) in [6.45, 7) is 8.93. The number of nitrogens with two attached hydrogens (primary N) is 1. The molecule has 1 saturated carbocycles. The van der Waals surface area contributed by atoms with E-state index in [1.54, 1.807) is 23.1 Å². The van der Waals surface area contributed by atoms with E-state index in [1.165, 1.54) is 0 Å². The molecule has 1 saturated heterocycles. The summed E-state index contributed by atoms with van der Waals surface area (Å²) in [7, 11) is 0. The lowest BCUT2D eigenvalue weighted by Gasteiger charge is -2.40. The summed E-state index contributed by atoms with van der Waals surface area (Å²) in [5.41, 5.74) is 6.27. The molecule has 0 aromatic heterocycles. The Labute approximate surface area is 165 Å². The molecule has 2 fully saturated rings. The molecule has 0 bridgehead atoms. The van der Waals surface area contributed by atoms with Gasteiger partial charge in [-0.15, -0.1) is 0 Å². The van der Waals surface area contributed by atoms with Crippen molar-refractivity contribution in [3.8, 4) is 0 Å². The molecule has 2 N–H and O–H groups in total. The van der Waals surface area contributed by atoms with Crippen LogP contribution >= 0.6 is 0 Å². The number of carbonyl (C=O) groups excluding carboxylic acids is 3. The lowest BCUT2D eigenvalue weighted by molar-refractivity contribution is -0.137. The van der Waals surface area contributed by atoms with Crippen LogP contribution in [0.4, 0.5) is 4.79 Å². The second kappa shape index (κ2) is 7.45. The van der Waals surface area contributed by atoms with Gasteiger partial charge in [0.05, 0.1) is 0 Å². The largest absolute Gasteiger partial charge is 0.444 e. The molecule has 7 nitrogen and oxygen atoms in total. The molecule has 3 atom stereocenters. The van der Waals surface area contributed by atoms with E-state index < -0.39 is 11.5 Å². The Bertz CT molecular complexity index is 786. The summed E-state index contributed by atoms with van der Waals surface area (Å²) in [4.78, 5) is 40.2. The monoisotopic (exact) mass is 387 g/mol. The Morgan fingerprint density at radius 3 is 2.50 bits per heavy atom. The third-order valence-corrected chi connectivity index (χ3v) is 5.27. The number of hydrogen-bond donors (Lipinski definition) is 1. The summed E-state index contributed by atoms with van der Waals surface area (Å²) in [5, 5.41) is 0. The van der Waals surface area contributed by atoms with E-state index in [4.69, 9.17) is 10.5 Å². The first kappa shape index (κ1) is 20.2. The average Bonchev–Trinajstić information content (AvgIpc) is 3.40. The number of benzene rings is 1. The van der Waals surface area contributed by atoms with Crippen molar-refractivity contribution in [2.24, 2.45) is 11.7 Å². The summed E-state index contributed by atoms with van der Waals surface area (Å²) < 4.78 is 5.43. The van der Waals surface area contributed by atoms with Crippen LogP contribution in [0, 0.1) is 5.92 Å². The van der Waals surface area contributed by atoms with Crippen LogP contribution in [0.2, 0.25) is 0 Å². The minimum Gasteiger partial charge on any atom is -0.444 e. The lowest BCUT2D eigenvalue weighted by atomic mass is 10.0. The van der Waals surface area contributed by atoms with Gasteiger partial charge >= 0.3 is 6.09 Å². The average molecular weight is 387 g/mol. The highest BCUT2D eigenvalue weighted by atomic mass is 16.6. The number of ether oxygens (including phenoxy) is 1. The maximum Gasteiger partial charge on any atom is 0.410 e. The molecule has 1 aliphatic carbocycles. The van der Waals surface area contributed by atoms with Crippen LogP contribution in [0.3, 0.4) is 0 Å². The van der Waals surface area contributed by atoms with Gasteiger partial charge in [0.2, 0.25) is 11.8 Å². The third-order valence-electron chi connectivity index (χ3n) is 5.27. The maximum atomic E-state index is 13.0. The summed E-state index contributed by atoms with van der Waals surface area (Å²) in [6, 6.07) is 7.14. The van der Waals surface area contributed by atoms with Crippen molar-refractivity contribution in [1.82, 2.24) is 9.80 Å². The zero-order valence-corrected chi connectivity index (χ0v) is 17.0. The SMILES string of the molecule is C[C@H]1CN(C(=O)OC(C)(C)C)CCN1C(=O)[C@H]1C[C@@H]1c1cccc(C(N)=O)c1. The van der Waals surface area contributed by atoms with E-state index in [-0.39, 0.29) is 29.9 Å². The fourth-order valence-corrected chi connectivity index (χ4v) is 3.75. The molecule has 1 aliphatic heterocycles. The Hall–Kier alpha value is -2.57. The third kappa shape index (κ3) is 4.46. The molecule has 3 amide bonds. The van der Waals surface area contributed by atoms with Gasteiger partial charge in [0.15, 0.2) is 0 Å². The highest BCUT2D eigenvalue weighted by Crippen LogP contribution is 2.49. The van der Waals surface area contributed by atoms with E-state index >= 15 is 0 Å². The summed E-state index contributed by atoms with van der Waals surface area (Å²) in [6.07, 6.45) is 0.444. The standard InChI is InChI=1S/C21H29N3O4/c1-13-12-23(20(27)28-21(2,3)4)8-9-24(13)19(26)17-11-16(17)14-6-5-7-15(10-14)18(22)25/h5-7,10,13,16-17H,8-9,11-12H2,1-4H3,(H2,22,25)/t13-,16+,17-/m0/s1. The van der Waals surface area contributed by atoms with Crippen LogP contribution in [-0.4, -0.2) is 59.0 Å². The van der Waals surface area contributed by atoms with Gasteiger partial charge in [0.1, 0.15) is 5.60 Å². The van der Waals surface area contributed by atoms with Crippen LogP contribution in [0.5, 0.6) is 0 Å². The Morgan fingerprint density at radius 2 is 1.89 bits per heavy atom. The molecule has 0 unspecified atom stereocenters. The van der Waals surface area contributed by atoms with Gasteiger partial charge < -0.3 is 20.3 Å². The number of primary amides is 1. The number of rotatable bonds is 3. The molecule has 152 valence electrons. The normalized spacial score (nSPS) is 24.6. The second-order valence-electron chi connectivity index (χ2n) is 8.75. The van der Waals surface area contributed by atoms with Crippen molar-refractivity contribution < 1.29 is 19.1 Å². The molecule has 0 radical (unpaired) electrons. The van der Waals surface area contributed by atoms with Crippen molar-refractivity contribution in [1.29, 1.82) is 0 Å². The number of amides is 3. The molecule has 1 heterocycles. The quantitative estimate of drug-likeness (QED) is 0.862. The highest BCUT2D eigenvalue weighted by Gasteiger charge is 2.47. The highest BCUT2D eigenvalue weighted by molar-refractivity contribution is 5.93. The van der Waals surface area contributed by atoms with E-state index in [2.05, 4.69) is 0 Å². The maximum absolute atomic E-state index is 13.0. The predicted molar refractivity (Wildman–Crippen MR) is 105 cm³/mol. The minimum absolute atomic E-state index is 0.0630. The van der Waals surface area contributed by atoms with Crippen molar-refractivity contribution in [2.75, 3.05) is 19.6 Å². The topological polar surface area (TPSA) is 92.9 Å². The molecule has 2 aliphatic rings. The van der Waals surface area contributed by atoms with Gasteiger partial charge in [0.25, 0.3) is 0 Å². The Morgan fingerprint density at radius 1 is 1.18 bits per heavy atom. The van der Waals surface area contributed by atoms with E-state index in [9.17, 15) is 14.4 Å². The van der Waals surface area contributed by atoms with Gasteiger partial charge in [-0.05, 0) is 57.7 Å². The molecule has 1 aromatic carbocycles. The molecule has 0 spiro atoms. The van der Waals surface area contributed by atoms with Gasteiger partial charge in [-0.25, -0.2) is 4.79 Å². The van der Waals surface area contributed by atoms with Crippen LogP contribution in [0.25, 0.3) is 0 Å². The van der Waals surface area contributed by atoms with Crippen molar-refractivity contribution in [3.63, 3.8) is 0 Å². The number of nitrogens with zero attached hydrogens (tertiary/aromatic N) is 2. The molecular formula is C21H29N3O4. The molecule has 3 rings (SSSR count). The van der Waals surface area contributed by atoms with Gasteiger partial charge in [0, 0.05) is 37.2 Å². The van der Waals surface area contributed by atoms with Crippen molar-refractivity contribution in [2.45, 2.75) is 51.7 Å². The molecular weight excluding hydrogens is 358 g/mol. The Balaban J connectivity index is 1.59. The van der Waals surface area contributed by atoms with Crippen LogP contribution in [-0.2, 0) is 9.53 Å². The first-order chi connectivity index (χ1) is 13.1. The molecule has 28 heavy (non-hydrogen) atoms. The zero-order chi connectivity index (χ0) is 20.6. The fraction of sp³-hybridized carbons (Fsp3) is 0.571. The summed E-state index contributed by atoms with van der Waals surface area (Å²) >= 11 is 0. The number of carbonyl (C=O) groups is 3. The molecule has 7 heteroatoms. The van der Waals surface area contributed by atoms with Gasteiger partial charge in [-0.2, -0.15) is 0 Å². The zero-order valence-electron chi connectivity index (χ0n) is 17.0. The smallest absolute Gasteiger partial charge is 0.410 e. The van der Waals surface area contributed by atoms with Crippen LogP contribution < -0.4 is 5.73 Å². The van der Waals surface area contributed by atoms with Gasteiger partial charge in [-0.1, -0.05) is 12.1 Å². The fourth-order valence-electron chi connectivity index (χ4n) is 3.75. The van der Waals surface area contributed by atoms with Crippen LogP contribution in [0.1, 0.15) is 56.0 Å². The van der Waals surface area contributed by atoms with Crippen LogP contribution in [0.15, 0.2) is 24.3 Å². The first-order valence-electron chi connectivity index (χ1n) is 9.75. The second-order valence-corrected chi connectivity index (χ2v) is 8.75. The van der Waals surface area contributed by atoms with E-state index in [1.807, 2.05) is 38.7 Å². The Kier molecular flexibility index (Phi) is 5.37. The molecule has 1 aromatic rings. The number of piperazine rings is 1. The first-order valence-corrected chi connectivity index (χ1v) is 9.75. The minimum atomic E-state index is -0.534. The van der Waals surface area contributed by atoms with Gasteiger partial charge in [-0.3, -0.25) is 9.59 Å². The van der Waals surface area contributed by atoms with E-state index in [0.717, 1.165) is 12.0 Å².